The summed E-state index contributed by atoms with van der Waals surface area (Å²) in [5.74, 6) is -2.02. The van der Waals surface area contributed by atoms with E-state index in [1.807, 2.05) is 6.07 Å². The molecule has 29 heavy (non-hydrogen) atoms. The lowest BCUT2D eigenvalue weighted by molar-refractivity contribution is -0.159. The van der Waals surface area contributed by atoms with Gasteiger partial charge >= 0.3 is 12.1 Å². The summed E-state index contributed by atoms with van der Waals surface area (Å²) in [4.78, 5) is 20.5. The summed E-state index contributed by atoms with van der Waals surface area (Å²) in [7, 11) is 1.34. The van der Waals surface area contributed by atoms with Crippen molar-refractivity contribution in [3.05, 3.63) is 71.6 Å². The number of halogens is 3. The zero-order valence-electron chi connectivity index (χ0n) is 15.1. The molecule has 3 aromatic rings. The van der Waals surface area contributed by atoms with Crippen molar-refractivity contribution in [2.24, 2.45) is 5.16 Å². The van der Waals surface area contributed by atoms with E-state index >= 15 is 0 Å². The first-order valence-electron chi connectivity index (χ1n) is 8.33. The molecule has 0 unspecified atom stereocenters. The SMILES string of the molecule is CO/N=C(/C(=O)NCc1ccc(-c2noc(C(F)(F)F)n2)cc1)c1ccccc1. The summed E-state index contributed by atoms with van der Waals surface area (Å²) in [6.45, 7) is 0.175. The normalized spacial score (nSPS) is 11.9. The van der Waals surface area contributed by atoms with E-state index in [-0.39, 0.29) is 18.1 Å². The second-order valence-electron chi connectivity index (χ2n) is 5.79. The average Bonchev–Trinajstić information content (AvgIpc) is 3.22. The fourth-order valence-corrected chi connectivity index (χ4v) is 2.41. The molecule has 0 saturated heterocycles. The fraction of sp³-hybridized carbons (Fsp3) is 0.158. The molecule has 0 spiro atoms. The molecular formula is C19H15F3N4O3. The van der Waals surface area contributed by atoms with Gasteiger partial charge in [0.2, 0.25) is 5.82 Å². The van der Waals surface area contributed by atoms with Gasteiger partial charge in [-0.2, -0.15) is 18.2 Å². The molecule has 0 radical (unpaired) electrons. The van der Waals surface area contributed by atoms with Crippen molar-refractivity contribution in [2.75, 3.05) is 7.11 Å². The zero-order valence-corrected chi connectivity index (χ0v) is 15.1. The number of amides is 1. The van der Waals surface area contributed by atoms with Gasteiger partial charge in [0.05, 0.1) is 0 Å². The van der Waals surface area contributed by atoms with Crippen molar-refractivity contribution in [1.82, 2.24) is 15.5 Å². The van der Waals surface area contributed by atoms with Crippen molar-refractivity contribution in [3.8, 4) is 11.4 Å². The maximum absolute atomic E-state index is 12.5. The minimum Gasteiger partial charge on any atom is -0.398 e. The number of carbonyl (C=O) groups is 1. The highest BCUT2D eigenvalue weighted by atomic mass is 19.4. The summed E-state index contributed by atoms with van der Waals surface area (Å²) in [5, 5.41) is 9.81. The molecule has 0 aliphatic carbocycles. The minimum atomic E-state index is -4.70. The highest BCUT2D eigenvalue weighted by molar-refractivity contribution is 6.45. The van der Waals surface area contributed by atoms with Gasteiger partial charge in [0.1, 0.15) is 7.11 Å². The number of alkyl halides is 3. The molecule has 0 aliphatic rings. The predicted octanol–water partition coefficient (Wildman–Crippen LogP) is 3.42. The lowest BCUT2D eigenvalue weighted by atomic mass is 10.1. The van der Waals surface area contributed by atoms with Crippen molar-refractivity contribution < 1.29 is 27.3 Å². The van der Waals surface area contributed by atoms with Crippen LogP contribution in [0.3, 0.4) is 0 Å². The van der Waals surface area contributed by atoms with E-state index in [0.29, 0.717) is 16.7 Å². The van der Waals surface area contributed by atoms with E-state index in [1.165, 1.54) is 19.2 Å². The number of hydrogen-bond acceptors (Lipinski definition) is 6. The standard InChI is InChI=1S/C19H15F3N4O3/c1-28-25-15(13-5-3-2-4-6-13)17(27)23-11-12-7-9-14(10-8-12)16-24-18(29-26-16)19(20,21)22/h2-10H,11H2,1H3,(H,23,27)/b25-15+. The summed E-state index contributed by atoms with van der Waals surface area (Å²) >= 11 is 0. The number of aromatic nitrogens is 2. The second-order valence-corrected chi connectivity index (χ2v) is 5.79. The lowest BCUT2D eigenvalue weighted by Crippen LogP contribution is -2.31. The van der Waals surface area contributed by atoms with E-state index in [9.17, 15) is 18.0 Å². The maximum atomic E-state index is 12.5. The first-order valence-corrected chi connectivity index (χ1v) is 8.33. The van der Waals surface area contributed by atoms with Gasteiger partial charge in [0.15, 0.2) is 5.71 Å². The van der Waals surface area contributed by atoms with Crippen molar-refractivity contribution in [3.63, 3.8) is 0 Å². The van der Waals surface area contributed by atoms with Crippen LogP contribution < -0.4 is 5.32 Å². The van der Waals surface area contributed by atoms with Crippen LogP contribution in [0, 0.1) is 0 Å². The van der Waals surface area contributed by atoms with Crippen molar-refractivity contribution >= 4 is 11.6 Å². The third-order valence-electron chi connectivity index (χ3n) is 3.78. The lowest BCUT2D eigenvalue weighted by Gasteiger charge is -2.08. The van der Waals surface area contributed by atoms with E-state index < -0.39 is 18.0 Å². The van der Waals surface area contributed by atoms with Gasteiger partial charge in [0, 0.05) is 17.7 Å². The monoisotopic (exact) mass is 404 g/mol. The molecule has 150 valence electrons. The molecule has 1 heterocycles. The van der Waals surface area contributed by atoms with Gasteiger partial charge in [-0.25, -0.2) is 0 Å². The van der Waals surface area contributed by atoms with Crippen LogP contribution in [0.15, 0.2) is 64.3 Å². The largest absolute Gasteiger partial charge is 0.471 e. The van der Waals surface area contributed by atoms with E-state index in [0.717, 1.165) is 0 Å². The minimum absolute atomic E-state index is 0.121. The smallest absolute Gasteiger partial charge is 0.398 e. The van der Waals surface area contributed by atoms with Gasteiger partial charge in [0.25, 0.3) is 5.91 Å². The highest BCUT2D eigenvalue weighted by Gasteiger charge is 2.38. The van der Waals surface area contributed by atoms with Crippen LogP contribution in [-0.2, 0) is 22.4 Å². The Morgan fingerprint density at radius 1 is 1.14 bits per heavy atom. The van der Waals surface area contributed by atoms with Gasteiger partial charge in [-0.1, -0.05) is 64.9 Å². The predicted molar refractivity (Wildman–Crippen MR) is 96.6 cm³/mol. The quantitative estimate of drug-likeness (QED) is 0.502. The maximum Gasteiger partial charge on any atom is 0.471 e. The zero-order chi connectivity index (χ0) is 20.9. The first-order chi connectivity index (χ1) is 13.9. The van der Waals surface area contributed by atoms with Crippen LogP contribution in [0.4, 0.5) is 13.2 Å². The van der Waals surface area contributed by atoms with Crippen LogP contribution in [0.25, 0.3) is 11.4 Å². The average molecular weight is 404 g/mol. The molecule has 3 rings (SSSR count). The number of rotatable bonds is 6. The first kappa shape index (κ1) is 20.1. The van der Waals surface area contributed by atoms with Crippen LogP contribution in [0.2, 0.25) is 0 Å². The number of nitrogens with one attached hydrogen (secondary N) is 1. The number of oxime groups is 1. The van der Waals surface area contributed by atoms with Crippen LogP contribution in [-0.4, -0.2) is 28.9 Å². The Morgan fingerprint density at radius 2 is 1.83 bits per heavy atom. The van der Waals surface area contributed by atoms with Gasteiger partial charge < -0.3 is 14.7 Å². The van der Waals surface area contributed by atoms with Crippen molar-refractivity contribution in [1.29, 1.82) is 0 Å². The van der Waals surface area contributed by atoms with E-state index in [4.69, 9.17) is 4.84 Å². The molecule has 0 aliphatic heterocycles. The molecule has 7 nitrogen and oxygen atoms in total. The van der Waals surface area contributed by atoms with E-state index in [2.05, 4.69) is 25.1 Å². The molecule has 0 atom stereocenters. The third-order valence-corrected chi connectivity index (χ3v) is 3.78. The molecular weight excluding hydrogens is 389 g/mol. The fourth-order valence-electron chi connectivity index (χ4n) is 2.41. The third kappa shape index (κ3) is 4.98. The Hall–Kier alpha value is -3.69. The number of nitrogens with zero attached hydrogens (tertiary/aromatic N) is 3. The molecule has 1 aromatic heterocycles. The number of hydrogen-bond donors (Lipinski definition) is 1. The number of carbonyl (C=O) groups excluding carboxylic acids is 1. The Bertz CT molecular complexity index is 1000. The number of benzene rings is 2. The molecule has 0 fully saturated rings. The van der Waals surface area contributed by atoms with Crippen LogP contribution >= 0.6 is 0 Å². The molecule has 0 bridgehead atoms. The molecule has 2 aromatic carbocycles. The Morgan fingerprint density at radius 3 is 2.41 bits per heavy atom. The molecule has 1 amide bonds. The van der Waals surface area contributed by atoms with Crippen molar-refractivity contribution in [2.45, 2.75) is 12.7 Å². The molecule has 1 N–H and O–H groups in total. The van der Waals surface area contributed by atoms with Gasteiger partial charge in [-0.3, -0.25) is 4.79 Å². The summed E-state index contributed by atoms with van der Waals surface area (Å²) in [6, 6.07) is 15.2. The van der Waals surface area contributed by atoms with Crippen LogP contribution in [0.1, 0.15) is 17.0 Å². The summed E-state index contributed by atoms with van der Waals surface area (Å²) in [6.07, 6.45) is -4.70. The molecule has 0 saturated carbocycles. The second kappa shape index (κ2) is 8.55. The van der Waals surface area contributed by atoms with Crippen LogP contribution in [0.5, 0.6) is 0 Å². The van der Waals surface area contributed by atoms with Gasteiger partial charge in [-0.15, -0.1) is 0 Å². The molecule has 10 heteroatoms. The Kier molecular flexibility index (Phi) is 5.91. The van der Waals surface area contributed by atoms with Gasteiger partial charge in [-0.05, 0) is 5.56 Å². The Labute approximate surface area is 163 Å². The topological polar surface area (TPSA) is 89.6 Å². The summed E-state index contributed by atoms with van der Waals surface area (Å²) < 4.78 is 41.9. The van der Waals surface area contributed by atoms with E-state index in [1.54, 1.807) is 36.4 Å². The summed E-state index contributed by atoms with van der Waals surface area (Å²) in [5.41, 5.74) is 1.78. The highest BCUT2D eigenvalue weighted by Crippen LogP contribution is 2.29. The Balaban J connectivity index is 1.66.